The zero-order valence-corrected chi connectivity index (χ0v) is 8.27. The first kappa shape index (κ1) is 9.73. The van der Waals surface area contributed by atoms with E-state index in [1.165, 1.54) is 0 Å². The molecule has 0 unspecified atom stereocenters. The zero-order chi connectivity index (χ0) is 9.97. The molecule has 0 saturated carbocycles. The van der Waals surface area contributed by atoms with Crippen LogP contribution in [0.2, 0.25) is 0 Å². The smallest absolute Gasteiger partial charge is 0.410 e. The summed E-state index contributed by atoms with van der Waals surface area (Å²) in [4.78, 5) is 13.0. The number of methoxy groups -OCH3 is 1. The minimum absolute atomic E-state index is 0.180. The van der Waals surface area contributed by atoms with Gasteiger partial charge in [-0.3, -0.25) is 0 Å². The average molecular weight is 201 g/mol. The summed E-state index contributed by atoms with van der Waals surface area (Å²) in [5.74, 6) is 0. The molecule has 0 aliphatic carbocycles. The maximum atomic E-state index is 11.2. The number of nitrogens with zero attached hydrogens (tertiary/aromatic N) is 1. The molecule has 2 heterocycles. The summed E-state index contributed by atoms with van der Waals surface area (Å²) in [5.41, 5.74) is 0. The highest BCUT2D eigenvalue weighted by Gasteiger charge is 2.38. The molecular weight excluding hydrogens is 186 g/mol. The first-order chi connectivity index (χ1) is 6.81. The van der Waals surface area contributed by atoms with Gasteiger partial charge in [-0.2, -0.15) is 0 Å². The number of amides is 1. The van der Waals surface area contributed by atoms with Crippen molar-refractivity contribution in [2.45, 2.75) is 25.0 Å². The van der Waals surface area contributed by atoms with Crippen LogP contribution in [0.1, 0.15) is 12.8 Å². The average Bonchev–Trinajstić information content (AvgIpc) is 2.57. The number of hydrogen-bond acceptors (Lipinski definition) is 4. The number of ether oxygens (including phenoxy) is 3. The summed E-state index contributed by atoms with van der Waals surface area (Å²) < 4.78 is 15.3. The number of carbonyl (C=O) groups is 1. The SMILES string of the molecule is COCO[C@H]1CCN2C(=O)OC[C@@H]2C1. The number of piperidine rings is 1. The van der Waals surface area contributed by atoms with Crippen LogP contribution in [0.25, 0.3) is 0 Å². The Labute approximate surface area is 82.9 Å². The lowest BCUT2D eigenvalue weighted by molar-refractivity contribution is -0.0906. The van der Waals surface area contributed by atoms with E-state index in [9.17, 15) is 4.79 Å². The molecule has 0 bridgehead atoms. The first-order valence-electron chi connectivity index (χ1n) is 4.85. The minimum Gasteiger partial charge on any atom is -0.447 e. The van der Waals surface area contributed by atoms with Crippen LogP contribution < -0.4 is 0 Å². The van der Waals surface area contributed by atoms with Crippen molar-refractivity contribution < 1.29 is 19.0 Å². The van der Waals surface area contributed by atoms with E-state index in [0.29, 0.717) is 13.4 Å². The summed E-state index contributed by atoms with van der Waals surface area (Å²) in [7, 11) is 1.61. The molecular formula is C9H15NO4. The summed E-state index contributed by atoms with van der Waals surface area (Å²) in [5, 5.41) is 0. The molecule has 0 aromatic heterocycles. The number of fused-ring (bicyclic) bond motifs is 1. The Bertz CT molecular complexity index is 221. The van der Waals surface area contributed by atoms with E-state index < -0.39 is 0 Å². The van der Waals surface area contributed by atoms with Gasteiger partial charge in [0.2, 0.25) is 0 Å². The Morgan fingerprint density at radius 3 is 3.29 bits per heavy atom. The summed E-state index contributed by atoms with van der Waals surface area (Å²) >= 11 is 0. The second-order valence-corrected chi connectivity index (χ2v) is 3.64. The summed E-state index contributed by atoms with van der Waals surface area (Å²) in [6.07, 6.45) is 1.75. The van der Waals surface area contributed by atoms with Crippen molar-refractivity contribution in [3.8, 4) is 0 Å². The van der Waals surface area contributed by atoms with Gasteiger partial charge in [-0.1, -0.05) is 0 Å². The quantitative estimate of drug-likeness (QED) is 0.627. The molecule has 5 heteroatoms. The standard InChI is InChI=1S/C9H15NO4/c1-12-6-14-8-2-3-10-7(4-8)5-13-9(10)11/h7-8H,2-6H2,1H3/t7-,8-/m0/s1. The highest BCUT2D eigenvalue weighted by molar-refractivity contribution is 5.70. The third-order valence-corrected chi connectivity index (χ3v) is 2.72. The monoisotopic (exact) mass is 201 g/mol. The third-order valence-electron chi connectivity index (χ3n) is 2.72. The van der Waals surface area contributed by atoms with Crippen LogP contribution in [0.5, 0.6) is 0 Å². The largest absolute Gasteiger partial charge is 0.447 e. The van der Waals surface area contributed by atoms with Crippen molar-refractivity contribution >= 4 is 6.09 Å². The summed E-state index contributed by atoms with van der Waals surface area (Å²) in [6.45, 7) is 1.57. The lowest BCUT2D eigenvalue weighted by Crippen LogP contribution is -2.43. The molecule has 2 aliphatic rings. The topological polar surface area (TPSA) is 48.0 Å². The van der Waals surface area contributed by atoms with Crippen LogP contribution in [-0.2, 0) is 14.2 Å². The van der Waals surface area contributed by atoms with Gasteiger partial charge in [0.15, 0.2) is 0 Å². The third kappa shape index (κ3) is 1.83. The molecule has 0 aromatic rings. The number of cyclic esters (lactones) is 1. The number of hydrogen-bond donors (Lipinski definition) is 0. The fourth-order valence-electron chi connectivity index (χ4n) is 1.98. The van der Waals surface area contributed by atoms with Gasteiger partial charge in [-0.05, 0) is 12.8 Å². The Morgan fingerprint density at radius 1 is 1.64 bits per heavy atom. The zero-order valence-electron chi connectivity index (χ0n) is 8.27. The lowest BCUT2D eigenvalue weighted by atomic mass is 10.0. The normalized spacial score (nSPS) is 31.5. The summed E-state index contributed by atoms with van der Waals surface area (Å²) in [6, 6.07) is 0.207. The van der Waals surface area contributed by atoms with Crippen LogP contribution in [-0.4, -0.2) is 50.2 Å². The Hall–Kier alpha value is -0.810. The van der Waals surface area contributed by atoms with Crippen LogP contribution in [0.3, 0.4) is 0 Å². The molecule has 0 N–H and O–H groups in total. The molecule has 80 valence electrons. The molecule has 2 aliphatic heterocycles. The molecule has 2 fully saturated rings. The van der Waals surface area contributed by atoms with Gasteiger partial charge in [-0.25, -0.2) is 4.79 Å². The van der Waals surface area contributed by atoms with Crippen molar-refractivity contribution in [2.24, 2.45) is 0 Å². The van der Waals surface area contributed by atoms with Crippen molar-refractivity contribution in [1.82, 2.24) is 4.90 Å². The first-order valence-corrected chi connectivity index (χ1v) is 4.85. The molecule has 0 spiro atoms. The Morgan fingerprint density at radius 2 is 2.50 bits per heavy atom. The van der Waals surface area contributed by atoms with Crippen molar-refractivity contribution in [1.29, 1.82) is 0 Å². The van der Waals surface area contributed by atoms with E-state index in [2.05, 4.69) is 0 Å². The van der Waals surface area contributed by atoms with Gasteiger partial charge >= 0.3 is 6.09 Å². The van der Waals surface area contributed by atoms with Crippen LogP contribution in [0, 0.1) is 0 Å². The maximum absolute atomic E-state index is 11.2. The van der Waals surface area contributed by atoms with Gasteiger partial charge in [-0.15, -0.1) is 0 Å². The molecule has 2 atom stereocenters. The van der Waals surface area contributed by atoms with Crippen molar-refractivity contribution in [3.63, 3.8) is 0 Å². The molecule has 0 aromatic carbocycles. The fraction of sp³-hybridized carbons (Fsp3) is 0.889. The van der Waals surface area contributed by atoms with Crippen LogP contribution in [0.4, 0.5) is 4.79 Å². The van der Waals surface area contributed by atoms with Crippen molar-refractivity contribution in [3.05, 3.63) is 0 Å². The van der Waals surface area contributed by atoms with Crippen LogP contribution in [0.15, 0.2) is 0 Å². The Balaban J connectivity index is 1.83. The van der Waals surface area contributed by atoms with Crippen LogP contribution >= 0.6 is 0 Å². The minimum atomic E-state index is -0.180. The highest BCUT2D eigenvalue weighted by Crippen LogP contribution is 2.25. The molecule has 5 nitrogen and oxygen atoms in total. The van der Waals surface area contributed by atoms with E-state index in [1.54, 1.807) is 12.0 Å². The predicted octanol–water partition coefficient (Wildman–Crippen LogP) is 0.590. The lowest BCUT2D eigenvalue weighted by Gasteiger charge is -2.31. The molecule has 1 amide bonds. The van der Waals surface area contributed by atoms with E-state index in [0.717, 1.165) is 19.4 Å². The molecule has 2 rings (SSSR count). The van der Waals surface area contributed by atoms with Gasteiger partial charge < -0.3 is 19.1 Å². The van der Waals surface area contributed by atoms with E-state index in [4.69, 9.17) is 14.2 Å². The van der Waals surface area contributed by atoms with Crippen molar-refractivity contribution in [2.75, 3.05) is 27.1 Å². The molecule has 2 saturated heterocycles. The molecule has 0 radical (unpaired) electrons. The fourth-order valence-corrected chi connectivity index (χ4v) is 1.98. The van der Waals surface area contributed by atoms with E-state index >= 15 is 0 Å². The van der Waals surface area contributed by atoms with Gasteiger partial charge in [0.05, 0.1) is 12.1 Å². The van der Waals surface area contributed by atoms with Gasteiger partial charge in [0.25, 0.3) is 0 Å². The van der Waals surface area contributed by atoms with Gasteiger partial charge in [0, 0.05) is 13.7 Å². The number of rotatable bonds is 3. The Kier molecular flexibility index (Phi) is 2.88. The number of carbonyl (C=O) groups excluding carboxylic acids is 1. The van der Waals surface area contributed by atoms with E-state index in [-0.39, 0.29) is 18.2 Å². The highest BCUT2D eigenvalue weighted by atomic mass is 16.7. The second-order valence-electron chi connectivity index (χ2n) is 3.64. The predicted molar refractivity (Wildman–Crippen MR) is 47.8 cm³/mol. The van der Waals surface area contributed by atoms with E-state index in [1.807, 2.05) is 0 Å². The maximum Gasteiger partial charge on any atom is 0.410 e. The molecule has 14 heavy (non-hydrogen) atoms. The second kappa shape index (κ2) is 4.14. The van der Waals surface area contributed by atoms with Gasteiger partial charge in [0.1, 0.15) is 13.4 Å².